The number of carbonyl (C=O) groups excluding carboxylic acids is 3. The molecule has 1 aliphatic heterocycles. The van der Waals surface area contributed by atoms with Crippen LogP contribution in [0.5, 0.6) is 0 Å². The molecule has 2 saturated carbocycles. The van der Waals surface area contributed by atoms with Crippen molar-refractivity contribution in [1.29, 1.82) is 0 Å². The first kappa shape index (κ1) is 18.3. The van der Waals surface area contributed by atoms with E-state index in [1.54, 1.807) is 36.4 Å². The molecule has 1 saturated heterocycles. The number of hydrogen-bond acceptors (Lipinski definition) is 6. The average molecular weight is 416 g/mol. The molecule has 1 aromatic carbocycles. The molecular weight excluding hydrogens is 396 g/mol. The zero-order valence-corrected chi connectivity index (χ0v) is 16.8. The molecule has 1 aromatic heterocycles. The van der Waals surface area contributed by atoms with E-state index in [1.165, 1.54) is 13.3 Å². The number of carbonyl (C=O) groups is 3. The van der Waals surface area contributed by atoms with Gasteiger partial charge in [0.15, 0.2) is 0 Å². The molecule has 0 spiro atoms. The number of esters is 1. The molecule has 0 unspecified atom stereocenters. The number of nitrogens with zero attached hydrogens (tertiary/aromatic N) is 2. The number of amides is 2. The maximum Gasteiger partial charge on any atom is 0.337 e. The van der Waals surface area contributed by atoms with Crippen LogP contribution in [0.1, 0.15) is 22.5 Å². The molecule has 0 N–H and O–H groups in total. The van der Waals surface area contributed by atoms with Gasteiger partial charge in [-0.3, -0.25) is 9.59 Å². The second kappa shape index (κ2) is 6.51. The summed E-state index contributed by atoms with van der Waals surface area (Å²) < 4.78 is 10.5. The zero-order chi connectivity index (χ0) is 21.3. The standard InChI is InChI=1S/C24H20N2O5/c1-30-24(29)13-4-2-12(3-5-13)19-9-6-14(31-19)11-25-26-22(27)20-15-7-8-16(18-10-17(15)18)21(20)23(26)28/h2-9,11,15-18,20-21H,10H2,1H3/b25-11-/t15-,16-,17-,18+,20+,21+/m0/s1. The lowest BCUT2D eigenvalue weighted by Gasteiger charge is -2.37. The molecule has 7 nitrogen and oxygen atoms in total. The van der Waals surface area contributed by atoms with E-state index in [0.717, 1.165) is 17.0 Å². The molecule has 6 atom stereocenters. The van der Waals surface area contributed by atoms with Crippen molar-refractivity contribution >= 4 is 24.0 Å². The van der Waals surface area contributed by atoms with Gasteiger partial charge in [0.25, 0.3) is 11.8 Å². The van der Waals surface area contributed by atoms with Gasteiger partial charge in [-0.1, -0.05) is 24.3 Å². The Labute approximate surface area is 178 Å². The lowest BCUT2D eigenvalue weighted by Crippen LogP contribution is -2.40. The SMILES string of the molecule is COC(=O)c1ccc(-c2ccc(/C=N\N3C(=O)[C@@H]4[C@H]5C=C[C@@H]([C@@H]6C[C@H]56)[C@H]4C3=O)o2)cc1. The maximum absolute atomic E-state index is 13.0. The first-order valence-corrected chi connectivity index (χ1v) is 10.5. The molecule has 2 amide bonds. The molecule has 7 rings (SSSR count). The van der Waals surface area contributed by atoms with Gasteiger partial charge in [-0.25, -0.2) is 4.79 Å². The third-order valence-corrected chi connectivity index (χ3v) is 7.16. The highest BCUT2D eigenvalue weighted by Gasteiger charge is 2.67. The van der Waals surface area contributed by atoms with Crippen LogP contribution < -0.4 is 0 Å². The summed E-state index contributed by atoms with van der Waals surface area (Å²) in [7, 11) is 1.34. The van der Waals surface area contributed by atoms with Gasteiger partial charge < -0.3 is 9.15 Å². The highest BCUT2D eigenvalue weighted by atomic mass is 16.5. The summed E-state index contributed by atoms with van der Waals surface area (Å²) in [6.07, 6.45) is 6.83. The molecule has 7 heteroatoms. The van der Waals surface area contributed by atoms with Crippen LogP contribution in [0.25, 0.3) is 11.3 Å². The summed E-state index contributed by atoms with van der Waals surface area (Å²) in [5.41, 5.74) is 1.24. The van der Waals surface area contributed by atoms with Gasteiger partial charge >= 0.3 is 5.97 Å². The van der Waals surface area contributed by atoms with Crippen molar-refractivity contribution in [3.63, 3.8) is 0 Å². The number of hydrazone groups is 1. The van der Waals surface area contributed by atoms with Crippen molar-refractivity contribution in [2.45, 2.75) is 6.42 Å². The monoisotopic (exact) mass is 416 g/mol. The number of imide groups is 1. The lowest BCUT2D eigenvalue weighted by molar-refractivity contribution is -0.140. The summed E-state index contributed by atoms with van der Waals surface area (Å²) in [5.74, 6) is 1.21. The van der Waals surface area contributed by atoms with Crippen molar-refractivity contribution < 1.29 is 23.5 Å². The van der Waals surface area contributed by atoms with E-state index in [4.69, 9.17) is 9.15 Å². The summed E-state index contributed by atoms with van der Waals surface area (Å²) in [4.78, 5) is 37.5. The number of allylic oxidation sites excluding steroid dienone is 2. The van der Waals surface area contributed by atoms with Gasteiger partial charge in [-0.15, -0.1) is 0 Å². The van der Waals surface area contributed by atoms with Crippen LogP contribution in [0.15, 0.2) is 58.1 Å². The first-order valence-electron chi connectivity index (χ1n) is 10.5. The Kier molecular flexibility index (Phi) is 3.84. The fraction of sp³-hybridized carbons (Fsp3) is 0.333. The molecule has 3 fully saturated rings. The highest BCUT2D eigenvalue weighted by molar-refractivity contribution is 6.06. The van der Waals surface area contributed by atoms with E-state index in [9.17, 15) is 14.4 Å². The predicted octanol–water partition coefficient (Wildman–Crippen LogP) is 3.12. The Bertz CT molecular complexity index is 1120. The molecule has 2 aromatic rings. The van der Waals surface area contributed by atoms with Crippen molar-refractivity contribution in [3.05, 3.63) is 59.9 Å². The smallest absolute Gasteiger partial charge is 0.337 e. The van der Waals surface area contributed by atoms with Crippen LogP contribution >= 0.6 is 0 Å². The van der Waals surface area contributed by atoms with Crippen LogP contribution in [-0.4, -0.2) is 36.1 Å². The van der Waals surface area contributed by atoms with Crippen molar-refractivity contribution in [2.75, 3.05) is 7.11 Å². The van der Waals surface area contributed by atoms with Crippen molar-refractivity contribution in [3.8, 4) is 11.3 Å². The minimum atomic E-state index is -0.403. The highest BCUT2D eigenvalue weighted by Crippen LogP contribution is 2.65. The quantitative estimate of drug-likeness (QED) is 0.331. The summed E-state index contributed by atoms with van der Waals surface area (Å²) in [5, 5.41) is 5.24. The van der Waals surface area contributed by atoms with Gasteiger partial charge in [-0.05, 0) is 54.4 Å². The number of benzene rings is 1. The van der Waals surface area contributed by atoms with E-state index in [1.807, 2.05) is 0 Å². The molecular formula is C24H20N2O5. The Hall–Kier alpha value is -3.48. The fourth-order valence-corrected chi connectivity index (χ4v) is 5.64. The Morgan fingerprint density at radius 2 is 1.68 bits per heavy atom. The molecule has 2 bridgehead atoms. The second-order valence-electron chi connectivity index (χ2n) is 8.66. The second-order valence-corrected chi connectivity index (χ2v) is 8.66. The van der Waals surface area contributed by atoms with Crippen LogP contribution in [0.4, 0.5) is 0 Å². The topological polar surface area (TPSA) is 89.2 Å². The number of rotatable bonds is 4. The molecule has 31 heavy (non-hydrogen) atoms. The van der Waals surface area contributed by atoms with Crippen LogP contribution in [0.2, 0.25) is 0 Å². The van der Waals surface area contributed by atoms with E-state index >= 15 is 0 Å². The van der Waals surface area contributed by atoms with Crippen LogP contribution in [0, 0.1) is 35.5 Å². The molecule has 2 heterocycles. The zero-order valence-electron chi connectivity index (χ0n) is 16.8. The number of furan rings is 1. The molecule has 4 aliphatic carbocycles. The minimum Gasteiger partial charge on any atom is -0.465 e. The molecule has 156 valence electrons. The van der Waals surface area contributed by atoms with Crippen LogP contribution in [0.3, 0.4) is 0 Å². The third kappa shape index (κ3) is 2.65. The normalized spacial score (nSPS) is 32.5. The number of hydrogen-bond donors (Lipinski definition) is 0. The Morgan fingerprint density at radius 3 is 2.29 bits per heavy atom. The minimum absolute atomic E-state index is 0.180. The lowest BCUT2D eigenvalue weighted by atomic mass is 9.63. The maximum atomic E-state index is 13.0. The van der Waals surface area contributed by atoms with Gasteiger partial charge in [0.2, 0.25) is 0 Å². The summed E-state index contributed by atoms with van der Waals surface area (Å²) >= 11 is 0. The van der Waals surface area contributed by atoms with Crippen molar-refractivity contribution in [2.24, 2.45) is 40.6 Å². The Morgan fingerprint density at radius 1 is 1.03 bits per heavy atom. The van der Waals surface area contributed by atoms with Gasteiger partial charge in [0, 0.05) is 5.56 Å². The van der Waals surface area contributed by atoms with E-state index in [2.05, 4.69) is 17.3 Å². The predicted molar refractivity (Wildman–Crippen MR) is 110 cm³/mol. The number of methoxy groups -OCH3 is 1. The van der Waals surface area contributed by atoms with E-state index < -0.39 is 5.97 Å². The van der Waals surface area contributed by atoms with Gasteiger partial charge in [-0.2, -0.15) is 10.1 Å². The first-order chi connectivity index (χ1) is 15.1. The largest absolute Gasteiger partial charge is 0.465 e. The van der Waals surface area contributed by atoms with Gasteiger partial charge in [0.1, 0.15) is 11.5 Å². The summed E-state index contributed by atoms with van der Waals surface area (Å²) in [6.45, 7) is 0. The molecule has 0 radical (unpaired) electrons. The van der Waals surface area contributed by atoms with E-state index in [-0.39, 0.29) is 35.5 Å². The van der Waals surface area contributed by atoms with E-state index in [0.29, 0.717) is 28.9 Å². The Balaban J connectivity index is 1.20. The molecule has 5 aliphatic rings. The summed E-state index contributed by atoms with van der Waals surface area (Å²) in [6, 6.07) is 10.4. The third-order valence-electron chi connectivity index (χ3n) is 7.16. The average Bonchev–Trinajstić information content (AvgIpc) is 3.44. The fourth-order valence-electron chi connectivity index (χ4n) is 5.64. The number of ether oxygens (including phenoxy) is 1. The van der Waals surface area contributed by atoms with Gasteiger partial charge in [0.05, 0.1) is 30.7 Å². The van der Waals surface area contributed by atoms with Crippen molar-refractivity contribution in [1.82, 2.24) is 5.01 Å². The van der Waals surface area contributed by atoms with Crippen LogP contribution in [-0.2, 0) is 14.3 Å².